The summed E-state index contributed by atoms with van der Waals surface area (Å²) in [6.07, 6.45) is 2.33. The number of pyridine rings is 1. The second-order valence-corrected chi connectivity index (χ2v) is 4.41. The first kappa shape index (κ1) is 11.2. The fraction of sp³-hybridized carbons (Fsp3) is 0.583. The van der Waals surface area contributed by atoms with E-state index in [0.717, 1.165) is 31.6 Å². The summed E-state index contributed by atoms with van der Waals surface area (Å²) in [5.74, 6) is 1.10. The van der Waals surface area contributed by atoms with Gasteiger partial charge >= 0.3 is 0 Å². The molecular weight excluding hydrogens is 202 g/mol. The Kier molecular flexibility index (Phi) is 3.29. The Balaban J connectivity index is 2.14. The quantitative estimate of drug-likeness (QED) is 0.822. The maximum absolute atomic E-state index is 5.76. The molecule has 1 aliphatic rings. The maximum Gasteiger partial charge on any atom is 0.237 e. The van der Waals surface area contributed by atoms with Gasteiger partial charge in [-0.15, -0.1) is 0 Å². The van der Waals surface area contributed by atoms with Gasteiger partial charge in [0, 0.05) is 11.6 Å². The van der Waals surface area contributed by atoms with Gasteiger partial charge in [0.25, 0.3) is 0 Å². The number of nitrogen functional groups attached to an aromatic ring is 1. The van der Waals surface area contributed by atoms with Crippen molar-refractivity contribution in [2.75, 3.05) is 33.0 Å². The normalized spacial score (nSPS) is 18.6. The number of ether oxygens (including phenoxy) is 1. The second-order valence-electron chi connectivity index (χ2n) is 4.41. The van der Waals surface area contributed by atoms with E-state index in [-0.39, 0.29) is 0 Å². The molecule has 2 rings (SSSR count). The van der Waals surface area contributed by atoms with Gasteiger partial charge in [0.2, 0.25) is 5.88 Å². The van der Waals surface area contributed by atoms with Crippen LogP contribution in [0.5, 0.6) is 5.88 Å². The first-order chi connectivity index (χ1) is 7.70. The summed E-state index contributed by atoms with van der Waals surface area (Å²) in [5, 5.41) is 0. The third-order valence-corrected chi connectivity index (χ3v) is 3.24. The average Bonchev–Trinajstić information content (AvgIpc) is 2.31. The predicted molar refractivity (Wildman–Crippen MR) is 64.7 cm³/mol. The van der Waals surface area contributed by atoms with Crippen molar-refractivity contribution in [2.45, 2.75) is 18.8 Å². The molecule has 16 heavy (non-hydrogen) atoms. The Bertz CT molecular complexity index is 359. The molecule has 0 unspecified atom stereocenters. The number of methoxy groups -OCH3 is 1. The van der Waals surface area contributed by atoms with Crippen LogP contribution in [0.4, 0.5) is 5.69 Å². The first-order valence-electron chi connectivity index (χ1n) is 5.69. The lowest BCUT2D eigenvalue weighted by Gasteiger charge is -2.28. The highest BCUT2D eigenvalue weighted by molar-refractivity contribution is 5.48. The molecule has 0 aliphatic carbocycles. The number of rotatable bonds is 2. The first-order valence-corrected chi connectivity index (χ1v) is 5.69. The molecule has 4 heteroatoms. The number of anilines is 1. The van der Waals surface area contributed by atoms with Gasteiger partial charge in [0.05, 0.1) is 12.8 Å². The number of nitrogens with zero attached hydrogens (tertiary/aromatic N) is 2. The molecule has 88 valence electrons. The monoisotopic (exact) mass is 221 g/mol. The molecule has 0 atom stereocenters. The van der Waals surface area contributed by atoms with E-state index in [9.17, 15) is 0 Å². The van der Waals surface area contributed by atoms with Gasteiger partial charge in [-0.1, -0.05) is 0 Å². The van der Waals surface area contributed by atoms with Crippen molar-refractivity contribution in [3.63, 3.8) is 0 Å². The lowest BCUT2D eigenvalue weighted by molar-refractivity contribution is 0.252. The fourth-order valence-electron chi connectivity index (χ4n) is 2.16. The van der Waals surface area contributed by atoms with Crippen molar-refractivity contribution in [3.05, 3.63) is 17.8 Å². The highest BCUT2D eigenvalue weighted by atomic mass is 16.5. The summed E-state index contributed by atoms with van der Waals surface area (Å²) in [4.78, 5) is 6.83. The second kappa shape index (κ2) is 4.70. The van der Waals surface area contributed by atoms with Crippen molar-refractivity contribution in [1.82, 2.24) is 9.88 Å². The minimum absolute atomic E-state index is 0.547. The molecule has 0 radical (unpaired) electrons. The number of nitrogens with two attached hydrogens (primary N) is 1. The molecule has 0 bridgehead atoms. The molecule has 1 aromatic rings. The van der Waals surface area contributed by atoms with Crippen molar-refractivity contribution in [3.8, 4) is 5.88 Å². The van der Waals surface area contributed by atoms with E-state index in [1.54, 1.807) is 7.11 Å². The molecule has 4 nitrogen and oxygen atoms in total. The summed E-state index contributed by atoms with van der Waals surface area (Å²) >= 11 is 0. The molecule has 0 amide bonds. The number of hydrogen-bond donors (Lipinski definition) is 1. The fourth-order valence-corrected chi connectivity index (χ4v) is 2.16. The standard InChI is InChI=1S/C12H19N3O/c1-15-7-5-9(6-8-15)11-4-3-10(13)12(14-11)16-2/h3-4,9H,5-8,13H2,1-2H3. The molecule has 2 heterocycles. The highest BCUT2D eigenvalue weighted by Gasteiger charge is 2.20. The van der Waals surface area contributed by atoms with Gasteiger partial charge in [-0.3, -0.25) is 0 Å². The SMILES string of the molecule is COc1nc(C2CCN(C)CC2)ccc1N. The Hall–Kier alpha value is -1.29. The molecule has 1 aromatic heterocycles. The van der Waals surface area contributed by atoms with Crippen LogP contribution < -0.4 is 10.5 Å². The predicted octanol–water partition coefficient (Wildman–Crippen LogP) is 1.48. The zero-order chi connectivity index (χ0) is 11.5. The molecular formula is C12H19N3O. The van der Waals surface area contributed by atoms with Gasteiger partial charge < -0.3 is 15.4 Å². The van der Waals surface area contributed by atoms with E-state index in [2.05, 4.69) is 16.9 Å². The van der Waals surface area contributed by atoms with Crippen LogP contribution in [0.2, 0.25) is 0 Å². The molecule has 0 aromatic carbocycles. The molecule has 1 aliphatic heterocycles. The molecule has 2 N–H and O–H groups in total. The van der Waals surface area contributed by atoms with Crippen LogP contribution in [-0.4, -0.2) is 37.1 Å². The van der Waals surface area contributed by atoms with Crippen molar-refractivity contribution in [2.24, 2.45) is 0 Å². The van der Waals surface area contributed by atoms with Crippen LogP contribution in [0.3, 0.4) is 0 Å². The van der Waals surface area contributed by atoms with Crippen molar-refractivity contribution in [1.29, 1.82) is 0 Å². The summed E-state index contributed by atoms with van der Waals surface area (Å²) < 4.78 is 5.15. The number of likely N-dealkylation sites (tertiary alicyclic amines) is 1. The van der Waals surface area contributed by atoms with Crippen molar-refractivity contribution < 1.29 is 4.74 Å². The number of aromatic nitrogens is 1. The van der Waals surface area contributed by atoms with Gasteiger partial charge in [0.15, 0.2) is 0 Å². The largest absolute Gasteiger partial charge is 0.480 e. The maximum atomic E-state index is 5.76. The molecule has 1 fully saturated rings. The van der Waals surface area contributed by atoms with Crippen LogP contribution in [-0.2, 0) is 0 Å². The Morgan fingerprint density at radius 3 is 2.69 bits per heavy atom. The topological polar surface area (TPSA) is 51.4 Å². The van der Waals surface area contributed by atoms with E-state index in [1.165, 1.54) is 0 Å². The summed E-state index contributed by atoms with van der Waals surface area (Å²) in [7, 11) is 3.77. The summed E-state index contributed by atoms with van der Waals surface area (Å²) in [5.41, 5.74) is 7.48. The van der Waals surface area contributed by atoms with E-state index >= 15 is 0 Å². The lowest BCUT2D eigenvalue weighted by Crippen LogP contribution is -2.29. The molecule has 0 spiro atoms. The molecule has 1 saturated heterocycles. The highest BCUT2D eigenvalue weighted by Crippen LogP contribution is 2.29. The van der Waals surface area contributed by atoms with Gasteiger partial charge in [-0.05, 0) is 45.1 Å². The van der Waals surface area contributed by atoms with Crippen LogP contribution >= 0.6 is 0 Å². The van der Waals surface area contributed by atoms with Gasteiger partial charge in [-0.25, -0.2) is 4.98 Å². The van der Waals surface area contributed by atoms with Crippen LogP contribution in [0.1, 0.15) is 24.5 Å². The van der Waals surface area contributed by atoms with E-state index in [1.807, 2.05) is 12.1 Å². The Morgan fingerprint density at radius 2 is 2.06 bits per heavy atom. The van der Waals surface area contributed by atoms with E-state index < -0.39 is 0 Å². The van der Waals surface area contributed by atoms with E-state index in [0.29, 0.717) is 17.5 Å². The minimum atomic E-state index is 0.547. The zero-order valence-corrected chi connectivity index (χ0v) is 9.94. The average molecular weight is 221 g/mol. The van der Waals surface area contributed by atoms with Gasteiger partial charge in [-0.2, -0.15) is 0 Å². The number of hydrogen-bond acceptors (Lipinski definition) is 4. The minimum Gasteiger partial charge on any atom is -0.480 e. The van der Waals surface area contributed by atoms with Gasteiger partial charge in [0.1, 0.15) is 0 Å². The van der Waals surface area contributed by atoms with E-state index in [4.69, 9.17) is 10.5 Å². The summed E-state index contributed by atoms with van der Waals surface area (Å²) in [6.45, 7) is 2.28. The van der Waals surface area contributed by atoms with Crippen LogP contribution in [0, 0.1) is 0 Å². The van der Waals surface area contributed by atoms with Crippen LogP contribution in [0.25, 0.3) is 0 Å². The Morgan fingerprint density at radius 1 is 1.38 bits per heavy atom. The Labute approximate surface area is 96.4 Å². The third-order valence-electron chi connectivity index (χ3n) is 3.24. The summed E-state index contributed by atoms with van der Waals surface area (Å²) in [6, 6.07) is 3.91. The van der Waals surface area contributed by atoms with Crippen LogP contribution in [0.15, 0.2) is 12.1 Å². The zero-order valence-electron chi connectivity index (χ0n) is 9.94. The third kappa shape index (κ3) is 2.27. The number of piperidine rings is 1. The smallest absolute Gasteiger partial charge is 0.237 e. The molecule has 0 saturated carbocycles. The van der Waals surface area contributed by atoms with Crippen molar-refractivity contribution >= 4 is 5.69 Å². The lowest BCUT2D eigenvalue weighted by atomic mass is 9.93.